The largest absolute Gasteiger partial charge is 0.288 e. The molecule has 1 radical (unpaired) electrons. The fourth-order valence-corrected chi connectivity index (χ4v) is 2.22. The smallest absolute Gasteiger partial charge is 0.274 e. The van der Waals surface area contributed by atoms with E-state index in [1.54, 1.807) is 23.8 Å². The molecule has 5 heteroatoms. The van der Waals surface area contributed by atoms with Gasteiger partial charge in [-0.25, -0.2) is 10.5 Å². The van der Waals surface area contributed by atoms with Crippen LogP contribution in [0.3, 0.4) is 0 Å². The first-order valence-electron chi connectivity index (χ1n) is 4.98. The van der Waals surface area contributed by atoms with E-state index in [4.69, 9.17) is 5.21 Å². The summed E-state index contributed by atoms with van der Waals surface area (Å²) in [6.45, 7) is 3.83. The van der Waals surface area contributed by atoms with E-state index in [9.17, 15) is 4.79 Å². The van der Waals surface area contributed by atoms with E-state index in [2.05, 4.69) is 11.9 Å². The van der Waals surface area contributed by atoms with Gasteiger partial charge in [0.1, 0.15) is 0 Å². The SMILES string of the molecule is [CH2]c1ccc(C(=O)NO)c(Cc2nccs2)c1. The zero-order valence-corrected chi connectivity index (χ0v) is 9.83. The van der Waals surface area contributed by atoms with Crippen molar-refractivity contribution < 1.29 is 10.0 Å². The molecule has 0 saturated heterocycles. The summed E-state index contributed by atoms with van der Waals surface area (Å²) in [5, 5.41) is 11.5. The number of hydroxylamine groups is 1. The second kappa shape index (κ2) is 5.07. The third kappa shape index (κ3) is 2.69. The normalized spacial score (nSPS) is 10.2. The molecule has 0 bridgehead atoms. The molecule has 1 heterocycles. The molecule has 4 nitrogen and oxygen atoms in total. The third-order valence-corrected chi connectivity index (χ3v) is 3.12. The van der Waals surface area contributed by atoms with Crippen LogP contribution in [0.1, 0.15) is 26.5 Å². The lowest BCUT2D eigenvalue weighted by molar-refractivity contribution is 0.0705. The number of carbonyl (C=O) groups is 1. The fraction of sp³-hybridized carbons (Fsp3) is 0.0833. The van der Waals surface area contributed by atoms with Gasteiger partial charge < -0.3 is 0 Å². The number of benzene rings is 1. The monoisotopic (exact) mass is 247 g/mol. The fourth-order valence-electron chi connectivity index (χ4n) is 1.58. The van der Waals surface area contributed by atoms with E-state index >= 15 is 0 Å². The lowest BCUT2D eigenvalue weighted by Gasteiger charge is -2.07. The number of hydrogen-bond acceptors (Lipinski definition) is 4. The minimum absolute atomic E-state index is 0.440. The molecule has 0 fully saturated rings. The van der Waals surface area contributed by atoms with Gasteiger partial charge in [0, 0.05) is 23.6 Å². The second-order valence-corrected chi connectivity index (χ2v) is 4.51. The Morgan fingerprint density at radius 2 is 2.35 bits per heavy atom. The van der Waals surface area contributed by atoms with Crippen LogP contribution in [0.5, 0.6) is 0 Å². The molecule has 0 aliphatic rings. The van der Waals surface area contributed by atoms with E-state index in [1.807, 2.05) is 11.4 Å². The van der Waals surface area contributed by atoms with Crippen molar-refractivity contribution in [2.24, 2.45) is 0 Å². The molecule has 87 valence electrons. The Balaban J connectivity index is 2.36. The van der Waals surface area contributed by atoms with Gasteiger partial charge in [-0.15, -0.1) is 11.3 Å². The average molecular weight is 247 g/mol. The Morgan fingerprint density at radius 1 is 1.53 bits per heavy atom. The van der Waals surface area contributed by atoms with Crippen LogP contribution in [0.4, 0.5) is 0 Å². The number of carbonyl (C=O) groups excluding carboxylic acids is 1. The van der Waals surface area contributed by atoms with Crippen molar-refractivity contribution in [2.75, 3.05) is 0 Å². The predicted molar refractivity (Wildman–Crippen MR) is 65.1 cm³/mol. The van der Waals surface area contributed by atoms with Crippen LogP contribution in [0.2, 0.25) is 0 Å². The second-order valence-electron chi connectivity index (χ2n) is 3.54. The van der Waals surface area contributed by atoms with Crippen molar-refractivity contribution in [1.82, 2.24) is 10.5 Å². The summed E-state index contributed by atoms with van der Waals surface area (Å²) in [4.78, 5) is 15.6. The highest BCUT2D eigenvalue weighted by Gasteiger charge is 2.12. The zero-order chi connectivity index (χ0) is 12.3. The molecule has 2 rings (SSSR count). The molecule has 0 aliphatic carbocycles. The number of hydrogen-bond donors (Lipinski definition) is 2. The molecule has 17 heavy (non-hydrogen) atoms. The van der Waals surface area contributed by atoms with E-state index < -0.39 is 5.91 Å². The quantitative estimate of drug-likeness (QED) is 0.644. The van der Waals surface area contributed by atoms with E-state index in [-0.39, 0.29) is 0 Å². The first kappa shape index (κ1) is 11.8. The summed E-state index contributed by atoms with van der Waals surface area (Å²) < 4.78 is 0. The van der Waals surface area contributed by atoms with Gasteiger partial charge in [-0.3, -0.25) is 10.0 Å². The Labute approximate surface area is 103 Å². The molecule has 0 atom stereocenters. The molecule has 0 aliphatic heterocycles. The van der Waals surface area contributed by atoms with Crippen LogP contribution in [0, 0.1) is 6.92 Å². The van der Waals surface area contributed by atoms with E-state index in [0.717, 1.165) is 16.1 Å². The first-order valence-corrected chi connectivity index (χ1v) is 5.86. The molecule has 1 aromatic heterocycles. The lowest BCUT2D eigenvalue weighted by Crippen LogP contribution is -2.20. The van der Waals surface area contributed by atoms with Crippen molar-refractivity contribution in [3.05, 3.63) is 58.4 Å². The highest BCUT2D eigenvalue weighted by molar-refractivity contribution is 7.09. The number of aromatic nitrogens is 1. The number of thiazole rings is 1. The van der Waals surface area contributed by atoms with Gasteiger partial charge in [-0.1, -0.05) is 12.1 Å². The van der Waals surface area contributed by atoms with Gasteiger partial charge in [0.2, 0.25) is 0 Å². The van der Waals surface area contributed by atoms with E-state index in [0.29, 0.717) is 12.0 Å². The molecule has 0 spiro atoms. The van der Waals surface area contributed by atoms with Crippen molar-refractivity contribution in [1.29, 1.82) is 0 Å². The summed E-state index contributed by atoms with van der Waals surface area (Å²) in [6, 6.07) is 5.21. The summed E-state index contributed by atoms with van der Waals surface area (Å²) in [5.41, 5.74) is 3.71. The zero-order valence-electron chi connectivity index (χ0n) is 9.01. The molecular formula is C12H11N2O2S. The maximum atomic E-state index is 11.5. The number of amides is 1. The summed E-state index contributed by atoms with van der Waals surface area (Å²) in [7, 11) is 0. The van der Waals surface area contributed by atoms with Crippen molar-refractivity contribution in [3.8, 4) is 0 Å². The van der Waals surface area contributed by atoms with E-state index in [1.165, 1.54) is 11.3 Å². The molecule has 2 aromatic rings. The summed E-state index contributed by atoms with van der Waals surface area (Å²) in [5.74, 6) is -0.517. The third-order valence-electron chi connectivity index (χ3n) is 2.34. The van der Waals surface area contributed by atoms with Crippen LogP contribution in [0.15, 0.2) is 29.8 Å². The Hall–Kier alpha value is -1.72. The van der Waals surface area contributed by atoms with Crippen molar-refractivity contribution in [3.63, 3.8) is 0 Å². The predicted octanol–water partition coefficient (Wildman–Crippen LogP) is 2.04. The van der Waals surface area contributed by atoms with Gasteiger partial charge in [0.15, 0.2) is 0 Å². The van der Waals surface area contributed by atoms with Gasteiger partial charge in [0.25, 0.3) is 5.91 Å². The van der Waals surface area contributed by atoms with Gasteiger partial charge in [-0.05, 0) is 24.1 Å². The highest BCUT2D eigenvalue weighted by atomic mass is 32.1. The molecule has 1 amide bonds. The van der Waals surface area contributed by atoms with Gasteiger partial charge >= 0.3 is 0 Å². The number of rotatable bonds is 3. The van der Waals surface area contributed by atoms with Crippen molar-refractivity contribution >= 4 is 17.2 Å². The van der Waals surface area contributed by atoms with Gasteiger partial charge in [0.05, 0.1) is 5.01 Å². The highest BCUT2D eigenvalue weighted by Crippen LogP contribution is 2.17. The molecule has 0 saturated carbocycles. The van der Waals surface area contributed by atoms with Crippen LogP contribution in [-0.2, 0) is 6.42 Å². The Bertz CT molecular complexity index is 523. The summed E-state index contributed by atoms with van der Waals surface area (Å²) >= 11 is 1.53. The summed E-state index contributed by atoms with van der Waals surface area (Å²) in [6.07, 6.45) is 2.28. The molecule has 2 N–H and O–H groups in total. The number of nitrogens with zero attached hydrogens (tertiary/aromatic N) is 1. The minimum atomic E-state index is -0.517. The van der Waals surface area contributed by atoms with Crippen molar-refractivity contribution in [2.45, 2.75) is 6.42 Å². The topological polar surface area (TPSA) is 62.2 Å². The maximum absolute atomic E-state index is 11.5. The maximum Gasteiger partial charge on any atom is 0.274 e. The van der Waals surface area contributed by atoms with Crippen LogP contribution in [-0.4, -0.2) is 16.1 Å². The minimum Gasteiger partial charge on any atom is -0.288 e. The Morgan fingerprint density at radius 3 is 3.00 bits per heavy atom. The van der Waals surface area contributed by atoms with Crippen LogP contribution < -0.4 is 5.48 Å². The standard InChI is InChI=1S/C12H11N2O2S/c1-8-2-3-10(12(15)14-16)9(6-8)7-11-13-4-5-17-11/h2-6,16H,1,7H2,(H,14,15). The van der Waals surface area contributed by atoms with Crippen LogP contribution >= 0.6 is 11.3 Å². The Kier molecular flexibility index (Phi) is 3.51. The molecule has 1 aromatic carbocycles. The van der Waals surface area contributed by atoms with Gasteiger partial charge in [-0.2, -0.15) is 0 Å². The average Bonchev–Trinajstić information content (AvgIpc) is 2.81. The molecule has 0 unspecified atom stereocenters. The first-order chi connectivity index (χ1) is 8.20. The lowest BCUT2D eigenvalue weighted by atomic mass is 10.0. The number of nitrogens with one attached hydrogen (secondary N) is 1. The molecular weight excluding hydrogens is 236 g/mol. The van der Waals surface area contributed by atoms with Crippen LogP contribution in [0.25, 0.3) is 0 Å².